The molecule has 0 bridgehead atoms. The highest BCUT2D eigenvalue weighted by Crippen LogP contribution is 2.31. The quantitative estimate of drug-likeness (QED) is 0.834. The van der Waals surface area contributed by atoms with Gasteiger partial charge in [-0.15, -0.1) is 0 Å². The third-order valence-electron chi connectivity index (χ3n) is 2.87. The van der Waals surface area contributed by atoms with Gasteiger partial charge in [-0.25, -0.2) is 0 Å². The summed E-state index contributed by atoms with van der Waals surface area (Å²) in [6.07, 6.45) is -4.30. The number of rotatable bonds is 3. The largest absolute Gasteiger partial charge is 0.416 e. The first-order valence-electron chi connectivity index (χ1n) is 5.95. The molecule has 2 aromatic rings. The van der Waals surface area contributed by atoms with Crippen LogP contribution in [0.4, 0.5) is 18.9 Å². The van der Waals surface area contributed by atoms with E-state index in [-0.39, 0.29) is 6.04 Å². The summed E-state index contributed by atoms with van der Waals surface area (Å²) in [7, 11) is 0. The molecule has 0 spiro atoms. The number of hydrogen-bond acceptors (Lipinski definition) is 1. The van der Waals surface area contributed by atoms with Crippen molar-refractivity contribution in [1.82, 2.24) is 0 Å². The molecule has 1 unspecified atom stereocenters. The van der Waals surface area contributed by atoms with Gasteiger partial charge in [-0.3, -0.25) is 0 Å². The SMILES string of the molecule is CC(Nc1ccccc1)c1cccc(C(F)(F)F)c1. The van der Waals surface area contributed by atoms with Crippen molar-refractivity contribution in [3.05, 3.63) is 65.7 Å². The third kappa shape index (κ3) is 3.50. The van der Waals surface area contributed by atoms with E-state index in [1.807, 2.05) is 37.3 Å². The first-order valence-corrected chi connectivity index (χ1v) is 5.95. The minimum atomic E-state index is -4.30. The van der Waals surface area contributed by atoms with Crippen molar-refractivity contribution in [3.8, 4) is 0 Å². The first kappa shape index (κ1) is 13.5. The Morgan fingerprint density at radius 3 is 2.26 bits per heavy atom. The van der Waals surface area contributed by atoms with Crippen molar-refractivity contribution in [2.75, 3.05) is 5.32 Å². The molecule has 1 N–H and O–H groups in total. The van der Waals surface area contributed by atoms with E-state index in [1.54, 1.807) is 6.07 Å². The van der Waals surface area contributed by atoms with Crippen molar-refractivity contribution in [1.29, 1.82) is 0 Å². The van der Waals surface area contributed by atoms with Crippen LogP contribution in [0.5, 0.6) is 0 Å². The smallest absolute Gasteiger partial charge is 0.379 e. The van der Waals surface area contributed by atoms with Crippen LogP contribution in [0.15, 0.2) is 54.6 Å². The van der Waals surface area contributed by atoms with Crippen molar-refractivity contribution < 1.29 is 13.2 Å². The average Bonchev–Trinajstić information content (AvgIpc) is 2.39. The minimum absolute atomic E-state index is 0.190. The number of halogens is 3. The standard InChI is InChI=1S/C15H14F3N/c1-11(19-14-8-3-2-4-9-14)12-6-5-7-13(10-12)15(16,17)18/h2-11,19H,1H3. The topological polar surface area (TPSA) is 12.0 Å². The lowest BCUT2D eigenvalue weighted by molar-refractivity contribution is -0.137. The molecule has 0 aliphatic carbocycles. The van der Waals surface area contributed by atoms with E-state index in [0.717, 1.165) is 11.8 Å². The molecule has 0 radical (unpaired) electrons. The van der Waals surface area contributed by atoms with Crippen LogP contribution < -0.4 is 5.32 Å². The molecule has 1 nitrogen and oxygen atoms in total. The van der Waals surface area contributed by atoms with Crippen LogP contribution in [-0.4, -0.2) is 0 Å². The van der Waals surface area contributed by atoms with E-state index in [0.29, 0.717) is 5.56 Å². The molecule has 0 amide bonds. The Kier molecular flexibility index (Phi) is 3.79. The van der Waals surface area contributed by atoms with Crippen molar-refractivity contribution >= 4 is 5.69 Å². The molecule has 100 valence electrons. The highest BCUT2D eigenvalue weighted by molar-refractivity contribution is 5.45. The number of anilines is 1. The number of para-hydroxylation sites is 1. The highest BCUT2D eigenvalue weighted by Gasteiger charge is 2.30. The first-order chi connectivity index (χ1) is 8.97. The van der Waals surface area contributed by atoms with Gasteiger partial charge in [0.25, 0.3) is 0 Å². The molecule has 2 rings (SSSR count). The monoisotopic (exact) mass is 265 g/mol. The summed E-state index contributed by atoms with van der Waals surface area (Å²) in [4.78, 5) is 0. The van der Waals surface area contributed by atoms with Gasteiger partial charge < -0.3 is 5.32 Å². The number of hydrogen-bond donors (Lipinski definition) is 1. The second kappa shape index (κ2) is 5.34. The summed E-state index contributed by atoms with van der Waals surface area (Å²) in [6, 6.07) is 14.6. The fraction of sp³-hybridized carbons (Fsp3) is 0.200. The van der Waals surface area contributed by atoms with Crippen LogP contribution in [0.2, 0.25) is 0 Å². The Morgan fingerprint density at radius 2 is 1.63 bits per heavy atom. The third-order valence-corrected chi connectivity index (χ3v) is 2.87. The maximum Gasteiger partial charge on any atom is 0.416 e. The highest BCUT2D eigenvalue weighted by atomic mass is 19.4. The molecule has 0 aromatic heterocycles. The zero-order valence-corrected chi connectivity index (χ0v) is 10.4. The average molecular weight is 265 g/mol. The van der Waals surface area contributed by atoms with Crippen molar-refractivity contribution in [3.63, 3.8) is 0 Å². The molecule has 0 aliphatic heterocycles. The van der Waals surface area contributed by atoms with E-state index in [2.05, 4.69) is 5.32 Å². The number of nitrogens with one attached hydrogen (secondary N) is 1. The molecule has 0 fully saturated rings. The van der Waals surface area contributed by atoms with Gasteiger partial charge in [0.2, 0.25) is 0 Å². The molecule has 0 heterocycles. The molecule has 1 atom stereocenters. The number of benzene rings is 2. The van der Waals surface area contributed by atoms with Crippen LogP contribution in [0.1, 0.15) is 24.1 Å². The van der Waals surface area contributed by atoms with Gasteiger partial charge in [0, 0.05) is 11.7 Å². The van der Waals surface area contributed by atoms with Crippen molar-refractivity contribution in [2.24, 2.45) is 0 Å². The molecule has 0 saturated carbocycles. The van der Waals surface area contributed by atoms with Crippen LogP contribution in [-0.2, 0) is 6.18 Å². The van der Waals surface area contributed by atoms with Crippen LogP contribution in [0.3, 0.4) is 0 Å². The molecule has 4 heteroatoms. The number of alkyl halides is 3. The van der Waals surface area contributed by atoms with E-state index in [9.17, 15) is 13.2 Å². The predicted octanol–water partition coefficient (Wildman–Crippen LogP) is 4.88. The van der Waals surface area contributed by atoms with Gasteiger partial charge in [0.05, 0.1) is 5.56 Å². The molecule has 0 saturated heterocycles. The van der Waals surface area contributed by atoms with Gasteiger partial charge >= 0.3 is 6.18 Å². The van der Waals surface area contributed by atoms with Gasteiger partial charge in [-0.1, -0.05) is 30.3 Å². The summed E-state index contributed by atoms with van der Waals surface area (Å²) in [6.45, 7) is 1.84. The summed E-state index contributed by atoms with van der Waals surface area (Å²) < 4.78 is 37.9. The zero-order valence-electron chi connectivity index (χ0n) is 10.4. The lowest BCUT2D eigenvalue weighted by Gasteiger charge is -2.17. The second-order valence-electron chi connectivity index (χ2n) is 4.36. The molecule has 19 heavy (non-hydrogen) atoms. The van der Waals surface area contributed by atoms with Crippen molar-refractivity contribution in [2.45, 2.75) is 19.1 Å². The lowest BCUT2D eigenvalue weighted by Crippen LogP contribution is -2.10. The summed E-state index contributed by atoms with van der Waals surface area (Å²) in [5, 5.41) is 3.17. The summed E-state index contributed by atoms with van der Waals surface area (Å²) in [5.74, 6) is 0. The van der Waals surface area contributed by atoms with Gasteiger partial charge in [0.1, 0.15) is 0 Å². The lowest BCUT2D eigenvalue weighted by atomic mass is 10.0. The van der Waals surface area contributed by atoms with Crippen LogP contribution >= 0.6 is 0 Å². The van der Waals surface area contributed by atoms with Crippen LogP contribution in [0.25, 0.3) is 0 Å². The van der Waals surface area contributed by atoms with E-state index < -0.39 is 11.7 Å². The second-order valence-corrected chi connectivity index (χ2v) is 4.36. The fourth-order valence-corrected chi connectivity index (χ4v) is 1.85. The Labute approximate surface area is 110 Å². The van der Waals surface area contributed by atoms with E-state index in [1.165, 1.54) is 12.1 Å². The minimum Gasteiger partial charge on any atom is -0.379 e. The Hall–Kier alpha value is -1.97. The molecular formula is C15H14F3N. The Bertz CT molecular complexity index is 535. The molecular weight excluding hydrogens is 251 g/mol. The molecule has 2 aromatic carbocycles. The maximum atomic E-state index is 12.6. The maximum absolute atomic E-state index is 12.6. The zero-order chi connectivity index (χ0) is 13.9. The Morgan fingerprint density at radius 1 is 0.947 bits per heavy atom. The predicted molar refractivity (Wildman–Crippen MR) is 69.9 cm³/mol. The van der Waals surface area contributed by atoms with Gasteiger partial charge in [-0.2, -0.15) is 13.2 Å². The van der Waals surface area contributed by atoms with Crippen LogP contribution in [0, 0.1) is 0 Å². The van der Waals surface area contributed by atoms with Gasteiger partial charge in [0.15, 0.2) is 0 Å². The normalized spacial score (nSPS) is 13.1. The Balaban J connectivity index is 2.18. The summed E-state index contributed by atoms with van der Waals surface area (Å²) in [5.41, 5.74) is 0.873. The summed E-state index contributed by atoms with van der Waals surface area (Å²) >= 11 is 0. The van der Waals surface area contributed by atoms with E-state index in [4.69, 9.17) is 0 Å². The van der Waals surface area contributed by atoms with Gasteiger partial charge in [-0.05, 0) is 36.8 Å². The van der Waals surface area contributed by atoms with E-state index >= 15 is 0 Å². The molecule has 0 aliphatic rings. The fourth-order valence-electron chi connectivity index (χ4n) is 1.85.